The number of allylic oxidation sites excluding steroid dienone is 2. The molecule has 0 fully saturated rings. The second-order valence-corrected chi connectivity index (χ2v) is 18.9. The molecule has 5 N–H and O–H groups in total. The molecule has 2 aliphatic rings. The number of carbonyl (C=O) groups is 3. The first-order valence-corrected chi connectivity index (χ1v) is 23.8. The van der Waals surface area contributed by atoms with Crippen molar-refractivity contribution in [3.8, 4) is 11.1 Å². The number of carbonyl (C=O) groups excluding carboxylic acids is 3. The van der Waals surface area contributed by atoms with Crippen molar-refractivity contribution < 1.29 is 19.5 Å². The molecule has 0 saturated heterocycles. The van der Waals surface area contributed by atoms with Gasteiger partial charge in [0.15, 0.2) is 11.6 Å². The third-order valence-corrected chi connectivity index (χ3v) is 12.4. The first kappa shape index (κ1) is 50.4. The molecule has 0 spiro atoms. The Bertz CT molecular complexity index is 3080. The van der Waals surface area contributed by atoms with E-state index >= 15 is 0 Å². The number of aliphatic hydroxyl groups is 1. The minimum atomic E-state index is -0.340. The second kappa shape index (κ2) is 22.3. The van der Waals surface area contributed by atoms with Gasteiger partial charge in [-0.3, -0.25) is 28.9 Å². The van der Waals surface area contributed by atoms with Crippen LogP contribution in [0.5, 0.6) is 0 Å². The van der Waals surface area contributed by atoms with E-state index in [9.17, 15) is 29.1 Å². The molecular weight excluding hydrogens is 955 g/mol. The molecule has 364 valence electrons. The molecule has 0 unspecified atom stereocenters. The number of nitrogens with one attached hydrogen (secondary N) is 4. The van der Waals surface area contributed by atoms with E-state index in [1.807, 2.05) is 30.3 Å². The van der Waals surface area contributed by atoms with Crippen LogP contribution in [-0.4, -0.2) is 70.9 Å². The van der Waals surface area contributed by atoms with Crippen LogP contribution in [0.25, 0.3) is 11.1 Å². The zero-order chi connectivity index (χ0) is 50.1. The lowest BCUT2D eigenvalue weighted by molar-refractivity contribution is -0.115. The van der Waals surface area contributed by atoms with Crippen molar-refractivity contribution in [3.05, 3.63) is 152 Å². The molecule has 0 aromatic carbocycles. The number of amides is 1. The first-order valence-electron chi connectivity index (χ1n) is 23.0. The lowest BCUT2D eigenvalue weighted by atomic mass is 9.90. The van der Waals surface area contributed by atoms with Gasteiger partial charge in [0.05, 0.1) is 6.61 Å². The Morgan fingerprint density at radius 1 is 0.786 bits per heavy atom. The van der Waals surface area contributed by atoms with E-state index in [4.69, 9.17) is 0 Å². The summed E-state index contributed by atoms with van der Waals surface area (Å²) in [5.41, 5.74) is 5.53. The Morgan fingerprint density at radius 2 is 1.36 bits per heavy atom. The standard InChI is InChI=1S/C35H39N7O4.C17H19BrN4O2/c1-5-24(44)8-7-12-36-30-9-6-10-31(39-30)38-27-16-23(20-40(4)33(27)45)25-11-13-37-32(26(25)21-43)42-15-14-41-28(34(42)46)17-22-18-35(2,3)19-29(22)41;1-3-13(23)6-5-9-19-15-7-4-8-16(21-15)20-14-10-12(18)11-22(2)17(14)24/h5-6,9-11,13,16-17,20,43H,1,7-8,12,14-15,18-19,21H2,2-4H3,(H2,36,38,39);3-4,7-8,10-11H,1,5-6,9H2,2H3,(H2,19,20,21). The summed E-state index contributed by atoms with van der Waals surface area (Å²) in [7, 11) is 3.35. The van der Waals surface area contributed by atoms with Crippen LogP contribution in [0.3, 0.4) is 0 Å². The average Bonchev–Trinajstić information content (AvgIpc) is 3.84. The number of anilines is 7. The molecule has 17 nitrogen and oxygen atoms in total. The fourth-order valence-corrected chi connectivity index (χ4v) is 9.14. The number of aryl methyl sites for hydroxylation is 2. The summed E-state index contributed by atoms with van der Waals surface area (Å²) >= 11 is 3.37. The molecule has 1 amide bonds. The van der Waals surface area contributed by atoms with Crippen LogP contribution in [0.2, 0.25) is 0 Å². The molecule has 70 heavy (non-hydrogen) atoms. The predicted octanol–water partition coefficient (Wildman–Crippen LogP) is 7.85. The number of fused-ring (bicyclic) bond motifs is 3. The van der Waals surface area contributed by atoms with Crippen LogP contribution >= 0.6 is 15.9 Å². The van der Waals surface area contributed by atoms with Gasteiger partial charge in [-0.2, -0.15) is 0 Å². The monoisotopic (exact) mass is 1010 g/mol. The van der Waals surface area contributed by atoms with E-state index in [0.29, 0.717) is 115 Å². The lowest BCUT2D eigenvalue weighted by Crippen LogP contribution is -2.41. The fraction of sp³-hybridized carbons (Fsp3) is 0.308. The maximum Gasteiger partial charge on any atom is 0.276 e. The lowest BCUT2D eigenvalue weighted by Gasteiger charge is -2.31. The quantitative estimate of drug-likeness (QED) is 0.0387. The Kier molecular flexibility index (Phi) is 16.1. The van der Waals surface area contributed by atoms with Crippen molar-refractivity contribution in [3.63, 3.8) is 0 Å². The summed E-state index contributed by atoms with van der Waals surface area (Å²) in [6, 6.07) is 18.1. The smallest absolute Gasteiger partial charge is 0.276 e. The zero-order valence-electron chi connectivity index (χ0n) is 39.8. The van der Waals surface area contributed by atoms with Gasteiger partial charge in [0.1, 0.15) is 46.2 Å². The van der Waals surface area contributed by atoms with Crippen molar-refractivity contribution in [1.82, 2.24) is 28.7 Å². The highest BCUT2D eigenvalue weighted by atomic mass is 79.9. The minimum absolute atomic E-state index is 0.00330. The van der Waals surface area contributed by atoms with Gasteiger partial charge >= 0.3 is 0 Å². The molecule has 6 aromatic rings. The van der Waals surface area contributed by atoms with E-state index in [1.54, 1.807) is 67.9 Å². The Labute approximate surface area is 414 Å². The Hall–Kier alpha value is -7.44. The molecule has 7 heterocycles. The topological polar surface area (TPSA) is 210 Å². The number of pyridine rings is 5. The van der Waals surface area contributed by atoms with Crippen molar-refractivity contribution in [2.75, 3.05) is 45.8 Å². The van der Waals surface area contributed by atoms with Gasteiger partial charge in [-0.25, -0.2) is 15.0 Å². The molecule has 8 rings (SSSR count). The average molecular weight is 1010 g/mol. The number of hydrogen-bond acceptors (Lipinski definition) is 13. The number of halogens is 1. The largest absolute Gasteiger partial charge is 0.392 e. The van der Waals surface area contributed by atoms with Gasteiger partial charge in [-0.05, 0) is 119 Å². The summed E-state index contributed by atoms with van der Waals surface area (Å²) in [5.74, 6) is 2.63. The minimum Gasteiger partial charge on any atom is -0.392 e. The maximum atomic E-state index is 13.8. The molecule has 0 saturated carbocycles. The zero-order valence-corrected chi connectivity index (χ0v) is 41.4. The maximum absolute atomic E-state index is 13.8. The van der Waals surface area contributed by atoms with Crippen molar-refractivity contribution >= 4 is 73.9 Å². The van der Waals surface area contributed by atoms with Gasteiger partial charge in [0, 0.05) is 93.0 Å². The van der Waals surface area contributed by atoms with Crippen LogP contribution in [0.1, 0.15) is 66.8 Å². The van der Waals surface area contributed by atoms with Crippen LogP contribution in [0.4, 0.5) is 40.5 Å². The molecule has 0 radical (unpaired) electrons. The van der Waals surface area contributed by atoms with Crippen LogP contribution < -0.4 is 37.3 Å². The number of ketones is 2. The SMILES string of the molecule is C=CC(=O)CCCNc1cccc(Nc2cc(-c3ccnc(N4CCn5c(cc6c5CC(C)(C)C6)C4=O)c3CO)cn(C)c2=O)n1.C=CC(=O)CCCNc1cccc(Nc2cc(Br)cn(C)c2=O)n1. The molecule has 6 aromatic heterocycles. The molecule has 0 bridgehead atoms. The van der Waals surface area contributed by atoms with Gasteiger partial charge < -0.3 is 40.1 Å². The van der Waals surface area contributed by atoms with Crippen LogP contribution in [0.15, 0.2) is 119 Å². The fourth-order valence-electron chi connectivity index (χ4n) is 8.61. The summed E-state index contributed by atoms with van der Waals surface area (Å²) < 4.78 is 5.91. The number of nitrogens with zero attached hydrogens (tertiary/aromatic N) is 7. The molecule has 1 aliphatic carbocycles. The van der Waals surface area contributed by atoms with Crippen molar-refractivity contribution in [2.24, 2.45) is 19.5 Å². The van der Waals surface area contributed by atoms with Crippen LogP contribution in [-0.2, 0) is 49.7 Å². The Balaban J connectivity index is 0.000000254. The third-order valence-electron chi connectivity index (χ3n) is 12.0. The number of hydrogen-bond donors (Lipinski definition) is 5. The van der Waals surface area contributed by atoms with Crippen molar-refractivity contribution in [1.29, 1.82) is 0 Å². The van der Waals surface area contributed by atoms with Gasteiger partial charge in [0.25, 0.3) is 17.0 Å². The Morgan fingerprint density at radius 3 is 1.94 bits per heavy atom. The third kappa shape index (κ3) is 12.0. The highest BCUT2D eigenvalue weighted by Gasteiger charge is 2.37. The summed E-state index contributed by atoms with van der Waals surface area (Å²) in [5, 5.41) is 23.1. The predicted molar refractivity (Wildman–Crippen MR) is 278 cm³/mol. The van der Waals surface area contributed by atoms with Crippen molar-refractivity contribution in [2.45, 2.75) is 65.5 Å². The molecule has 0 atom stereocenters. The first-order chi connectivity index (χ1) is 33.6. The number of aromatic nitrogens is 6. The molecular formula is C52H58BrN11O6. The number of rotatable bonds is 19. The van der Waals surface area contributed by atoms with Crippen LogP contribution in [0, 0.1) is 5.41 Å². The van der Waals surface area contributed by atoms with E-state index in [0.717, 1.165) is 17.3 Å². The number of aliphatic hydroxyl groups excluding tert-OH is 1. The summed E-state index contributed by atoms with van der Waals surface area (Å²) in [6.07, 6.45) is 11.8. The molecule has 1 aliphatic heterocycles. The normalized spacial score (nSPS) is 13.3. The highest BCUT2D eigenvalue weighted by Crippen LogP contribution is 2.40. The van der Waals surface area contributed by atoms with Gasteiger partial charge in [0.2, 0.25) is 0 Å². The van der Waals surface area contributed by atoms with Gasteiger partial charge in [-0.15, -0.1) is 0 Å². The second-order valence-electron chi connectivity index (χ2n) is 18.0. The van der Waals surface area contributed by atoms with E-state index in [1.165, 1.54) is 32.5 Å². The van der Waals surface area contributed by atoms with E-state index in [-0.39, 0.29) is 40.6 Å². The summed E-state index contributed by atoms with van der Waals surface area (Å²) in [6.45, 7) is 13.4. The molecule has 18 heteroatoms. The van der Waals surface area contributed by atoms with E-state index < -0.39 is 0 Å². The van der Waals surface area contributed by atoms with Gasteiger partial charge in [-0.1, -0.05) is 39.1 Å². The highest BCUT2D eigenvalue weighted by molar-refractivity contribution is 9.10. The summed E-state index contributed by atoms with van der Waals surface area (Å²) in [4.78, 5) is 76.9. The van der Waals surface area contributed by atoms with E-state index in [2.05, 4.69) is 83.7 Å².